The number of hydrogen-bond acceptors (Lipinski definition) is 5. The van der Waals surface area contributed by atoms with Crippen LogP contribution in [-0.2, 0) is 24.3 Å². The molecule has 6 heteroatoms. The Morgan fingerprint density at radius 1 is 1.25 bits per heavy atom. The summed E-state index contributed by atoms with van der Waals surface area (Å²) in [5.74, 6) is 2.38. The zero-order valence-electron chi connectivity index (χ0n) is 16.4. The highest BCUT2D eigenvalue weighted by Gasteiger charge is 2.59. The van der Waals surface area contributed by atoms with Crippen LogP contribution in [0.25, 0.3) is 0 Å². The Morgan fingerprint density at radius 2 is 2.07 bits per heavy atom. The smallest absolute Gasteiger partial charge is 0.224 e. The lowest BCUT2D eigenvalue weighted by Gasteiger charge is -2.19. The molecule has 4 atom stereocenters. The van der Waals surface area contributed by atoms with Crippen LogP contribution in [0.1, 0.15) is 29.4 Å². The first kappa shape index (κ1) is 17.6. The van der Waals surface area contributed by atoms with E-state index in [1.165, 1.54) is 11.1 Å². The molecule has 2 aliphatic heterocycles. The zero-order chi connectivity index (χ0) is 19.3. The van der Waals surface area contributed by atoms with Crippen molar-refractivity contribution in [1.82, 2.24) is 20.2 Å². The molecule has 1 aliphatic carbocycles. The van der Waals surface area contributed by atoms with Crippen LogP contribution in [0, 0.1) is 24.7 Å². The monoisotopic (exact) mass is 378 g/mol. The number of carbonyl (C=O) groups is 1. The van der Waals surface area contributed by atoms with E-state index in [4.69, 9.17) is 4.74 Å². The minimum absolute atomic E-state index is 0.167. The molecule has 3 aliphatic rings. The number of carbonyl (C=O) groups excluding carboxylic acids is 1. The van der Waals surface area contributed by atoms with Crippen molar-refractivity contribution in [3.63, 3.8) is 0 Å². The van der Waals surface area contributed by atoms with Crippen LogP contribution in [0.4, 0.5) is 0 Å². The summed E-state index contributed by atoms with van der Waals surface area (Å²) in [5, 5.41) is 3.03. The molecule has 1 saturated heterocycles. The number of fused-ring (bicyclic) bond motifs is 2. The number of piperidine rings is 1. The second kappa shape index (κ2) is 6.85. The number of benzene rings is 1. The van der Waals surface area contributed by atoms with Crippen molar-refractivity contribution in [2.75, 3.05) is 13.1 Å². The number of hydrogen-bond donors (Lipinski definition) is 1. The lowest BCUT2D eigenvalue weighted by molar-refractivity contribution is -0.123. The molecular formula is C22H26N4O2. The van der Waals surface area contributed by atoms with Gasteiger partial charge in [0.15, 0.2) is 0 Å². The molecule has 6 nitrogen and oxygen atoms in total. The summed E-state index contributed by atoms with van der Waals surface area (Å²) in [6.45, 7) is 7.46. The maximum Gasteiger partial charge on any atom is 0.224 e. The van der Waals surface area contributed by atoms with Crippen LogP contribution in [0.3, 0.4) is 0 Å². The highest BCUT2D eigenvalue weighted by Crippen LogP contribution is 2.52. The van der Waals surface area contributed by atoms with Crippen molar-refractivity contribution < 1.29 is 9.53 Å². The van der Waals surface area contributed by atoms with Crippen LogP contribution in [0.15, 0.2) is 30.6 Å². The highest BCUT2D eigenvalue weighted by atomic mass is 16.5. The molecule has 1 aromatic carbocycles. The number of aromatic nitrogens is 2. The average molecular weight is 378 g/mol. The first-order valence-electron chi connectivity index (χ1n) is 10.1. The molecule has 5 rings (SSSR count). The summed E-state index contributed by atoms with van der Waals surface area (Å²) >= 11 is 0. The summed E-state index contributed by atoms with van der Waals surface area (Å²) in [6, 6.07) is 6.57. The maximum atomic E-state index is 12.5. The Bertz CT molecular complexity index is 886. The van der Waals surface area contributed by atoms with Crippen molar-refractivity contribution in [3.8, 4) is 5.75 Å². The first-order valence-corrected chi connectivity index (χ1v) is 10.1. The lowest BCUT2D eigenvalue weighted by atomic mass is 10.1. The van der Waals surface area contributed by atoms with Crippen molar-refractivity contribution in [2.45, 2.75) is 39.5 Å². The maximum absolute atomic E-state index is 12.5. The summed E-state index contributed by atoms with van der Waals surface area (Å²) in [4.78, 5) is 23.5. The van der Waals surface area contributed by atoms with E-state index in [0.717, 1.165) is 43.2 Å². The Morgan fingerprint density at radius 3 is 2.82 bits per heavy atom. The standard InChI is InChI=1S/C22H26N4O2/c1-13-7-24-17(8-23-13)9-25-22(27)21-18-11-26(12-19(18)21)10-15-3-4-20-16(6-15)5-14(2)28-20/h3-4,6-8,14,18-19,21H,5,9-12H2,1-2H3,(H,25,27)/t14-,18-,19+,21?/m0/s1. The van der Waals surface area contributed by atoms with Crippen molar-refractivity contribution in [3.05, 3.63) is 53.1 Å². The number of amides is 1. The molecular weight excluding hydrogens is 352 g/mol. The third kappa shape index (κ3) is 3.37. The van der Waals surface area contributed by atoms with Crippen molar-refractivity contribution >= 4 is 5.91 Å². The van der Waals surface area contributed by atoms with Gasteiger partial charge in [-0.2, -0.15) is 0 Å². The Kier molecular flexibility index (Phi) is 4.31. The molecule has 1 aromatic heterocycles. The van der Waals surface area contributed by atoms with Crippen molar-refractivity contribution in [2.24, 2.45) is 17.8 Å². The number of rotatable bonds is 5. The molecule has 1 unspecified atom stereocenters. The predicted octanol–water partition coefficient (Wildman–Crippen LogP) is 2.10. The molecule has 1 N–H and O–H groups in total. The van der Waals surface area contributed by atoms with Crippen LogP contribution in [0.2, 0.25) is 0 Å². The molecule has 3 heterocycles. The molecule has 146 valence electrons. The van der Waals surface area contributed by atoms with E-state index < -0.39 is 0 Å². The minimum Gasteiger partial charge on any atom is -0.490 e. The number of aryl methyl sites for hydroxylation is 1. The number of likely N-dealkylation sites (tertiary alicyclic amines) is 1. The topological polar surface area (TPSA) is 67.4 Å². The molecule has 0 spiro atoms. The summed E-state index contributed by atoms with van der Waals surface area (Å²) in [6.07, 6.45) is 4.75. The minimum atomic E-state index is 0.167. The normalized spacial score (nSPS) is 27.8. The fourth-order valence-electron chi connectivity index (χ4n) is 4.77. The van der Waals surface area contributed by atoms with Gasteiger partial charge in [-0.1, -0.05) is 12.1 Å². The van der Waals surface area contributed by atoms with Gasteiger partial charge in [-0.05, 0) is 42.9 Å². The van der Waals surface area contributed by atoms with Gasteiger partial charge in [-0.3, -0.25) is 19.7 Å². The molecule has 28 heavy (non-hydrogen) atoms. The first-order chi connectivity index (χ1) is 13.6. The van der Waals surface area contributed by atoms with Gasteiger partial charge in [-0.25, -0.2) is 0 Å². The van der Waals surface area contributed by atoms with E-state index in [9.17, 15) is 4.79 Å². The quantitative estimate of drug-likeness (QED) is 0.863. The van der Waals surface area contributed by atoms with E-state index in [2.05, 4.69) is 45.3 Å². The summed E-state index contributed by atoms with van der Waals surface area (Å²) < 4.78 is 5.79. The Hall–Kier alpha value is -2.47. The summed E-state index contributed by atoms with van der Waals surface area (Å²) in [5.41, 5.74) is 4.36. The van der Waals surface area contributed by atoms with E-state index in [0.29, 0.717) is 18.4 Å². The molecule has 0 radical (unpaired) electrons. The van der Waals surface area contributed by atoms with Gasteiger partial charge >= 0.3 is 0 Å². The van der Waals surface area contributed by atoms with E-state index in [1.807, 2.05) is 6.92 Å². The molecule has 1 saturated carbocycles. The van der Waals surface area contributed by atoms with Crippen LogP contribution >= 0.6 is 0 Å². The van der Waals surface area contributed by atoms with E-state index in [-0.39, 0.29) is 17.9 Å². The van der Waals surface area contributed by atoms with Crippen LogP contribution < -0.4 is 10.1 Å². The lowest BCUT2D eigenvalue weighted by Crippen LogP contribution is -2.31. The molecule has 0 bridgehead atoms. The zero-order valence-corrected chi connectivity index (χ0v) is 16.4. The summed E-state index contributed by atoms with van der Waals surface area (Å²) in [7, 11) is 0. The number of nitrogens with one attached hydrogen (secondary N) is 1. The fraction of sp³-hybridized carbons (Fsp3) is 0.500. The van der Waals surface area contributed by atoms with E-state index >= 15 is 0 Å². The van der Waals surface area contributed by atoms with Gasteiger partial charge in [-0.15, -0.1) is 0 Å². The molecule has 2 fully saturated rings. The third-order valence-corrected chi connectivity index (χ3v) is 6.22. The van der Waals surface area contributed by atoms with Gasteiger partial charge < -0.3 is 10.1 Å². The predicted molar refractivity (Wildman–Crippen MR) is 105 cm³/mol. The SMILES string of the molecule is Cc1cnc(CNC(=O)C2[C@H]3CN(Cc4ccc5c(c4)C[C@H](C)O5)C[C@@H]23)cn1. The van der Waals surface area contributed by atoms with Gasteiger partial charge in [0.25, 0.3) is 0 Å². The van der Waals surface area contributed by atoms with Gasteiger partial charge in [0.1, 0.15) is 11.9 Å². The fourth-order valence-corrected chi connectivity index (χ4v) is 4.77. The largest absolute Gasteiger partial charge is 0.490 e. The third-order valence-electron chi connectivity index (χ3n) is 6.22. The van der Waals surface area contributed by atoms with Gasteiger partial charge in [0.05, 0.1) is 24.1 Å². The average Bonchev–Trinajstić information content (AvgIpc) is 2.98. The van der Waals surface area contributed by atoms with Gasteiger partial charge in [0, 0.05) is 38.2 Å². The van der Waals surface area contributed by atoms with E-state index in [1.54, 1.807) is 12.4 Å². The number of ether oxygens (including phenoxy) is 1. The Labute approximate surface area is 165 Å². The number of nitrogens with zero attached hydrogens (tertiary/aromatic N) is 3. The van der Waals surface area contributed by atoms with Crippen molar-refractivity contribution in [1.29, 1.82) is 0 Å². The second-order valence-corrected chi connectivity index (χ2v) is 8.49. The second-order valence-electron chi connectivity index (χ2n) is 8.49. The molecule has 1 amide bonds. The Balaban J connectivity index is 1.11. The highest BCUT2D eigenvalue weighted by molar-refractivity contribution is 5.82. The molecule has 2 aromatic rings. The van der Waals surface area contributed by atoms with Crippen LogP contribution in [-0.4, -0.2) is 40.0 Å². The van der Waals surface area contributed by atoms with Gasteiger partial charge in [0.2, 0.25) is 5.91 Å². The van der Waals surface area contributed by atoms with Crippen LogP contribution in [0.5, 0.6) is 5.75 Å².